The Morgan fingerprint density at radius 1 is 1.14 bits per heavy atom. The molecule has 2 aliphatic carbocycles. The lowest BCUT2D eigenvalue weighted by Crippen LogP contribution is -2.54. The molecule has 1 aliphatic heterocycles. The van der Waals surface area contributed by atoms with E-state index in [0.29, 0.717) is 36.1 Å². The number of amides is 1. The van der Waals surface area contributed by atoms with Crippen molar-refractivity contribution in [1.29, 1.82) is 0 Å². The van der Waals surface area contributed by atoms with Crippen LogP contribution in [0, 0.1) is 11.8 Å². The number of halogens is 3. The first-order valence-electron chi connectivity index (χ1n) is 10.5. The molecule has 1 amide bonds. The third-order valence-corrected chi connectivity index (χ3v) is 6.97. The lowest BCUT2D eigenvalue weighted by molar-refractivity contribution is -0.182. The van der Waals surface area contributed by atoms with Gasteiger partial charge in [0.25, 0.3) is 5.91 Å². The molecule has 3 fully saturated rings. The average molecular weight is 410 g/mol. The summed E-state index contributed by atoms with van der Waals surface area (Å²) in [4.78, 5) is 15.3. The number of alkyl halides is 3. The number of nitrogens with zero attached hydrogens (tertiary/aromatic N) is 1. The van der Waals surface area contributed by atoms with Crippen molar-refractivity contribution in [3.8, 4) is 0 Å². The molecule has 0 spiro atoms. The number of nitrogens with two attached hydrogens (primary N) is 1. The van der Waals surface area contributed by atoms with E-state index in [1.54, 1.807) is 13.1 Å². The summed E-state index contributed by atoms with van der Waals surface area (Å²) >= 11 is 0. The van der Waals surface area contributed by atoms with Gasteiger partial charge in [-0.2, -0.15) is 13.2 Å². The minimum atomic E-state index is -4.14. The van der Waals surface area contributed by atoms with Crippen LogP contribution in [0.1, 0.15) is 55.3 Å². The van der Waals surface area contributed by atoms with Gasteiger partial charge >= 0.3 is 6.18 Å². The van der Waals surface area contributed by atoms with E-state index < -0.39 is 12.1 Å². The number of anilines is 3. The minimum absolute atomic E-state index is 0.0675. The molecule has 1 saturated heterocycles. The fourth-order valence-electron chi connectivity index (χ4n) is 5.24. The predicted octanol–water partition coefficient (Wildman–Crippen LogP) is 4.15. The molecular formula is C21H29F3N4O. The van der Waals surface area contributed by atoms with E-state index >= 15 is 0 Å². The third kappa shape index (κ3) is 3.85. The molecule has 5 nitrogen and oxygen atoms in total. The first-order valence-corrected chi connectivity index (χ1v) is 10.5. The highest BCUT2D eigenvalue weighted by Crippen LogP contribution is 2.44. The number of nitrogen functional groups attached to an aromatic ring is 1. The number of carbonyl (C=O) groups excluding carboxylic acids is 1. The molecule has 160 valence electrons. The van der Waals surface area contributed by atoms with Crippen molar-refractivity contribution < 1.29 is 18.0 Å². The number of benzene rings is 1. The van der Waals surface area contributed by atoms with Gasteiger partial charge in [-0.3, -0.25) is 4.79 Å². The van der Waals surface area contributed by atoms with Crippen LogP contribution < -0.4 is 21.3 Å². The second-order valence-corrected chi connectivity index (χ2v) is 8.68. The van der Waals surface area contributed by atoms with Gasteiger partial charge in [0.05, 0.1) is 28.5 Å². The molecule has 8 heteroatoms. The van der Waals surface area contributed by atoms with Crippen molar-refractivity contribution in [2.75, 3.05) is 29.5 Å². The van der Waals surface area contributed by atoms with Crippen molar-refractivity contribution in [3.05, 3.63) is 17.7 Å². The second-order valence-electron chi connectivity index (χ2n) is 8.68. The fourth-order valence-corrected chi connectivity index (χ4v) is 5.24. The first kappa shape index (κ1) is 20.2. The molecular weight excluding hydrogens is 381 g/mol. The molecule has 0 bridgehead atoms. The summed E-state index contributed by atoms with van der Waals surface area (Å²) in [7, 11) is 1.79. The molecule has 1 aromatic rings. The quantitative estimate of drug-likeness (QED) is 0.652. The maximum Gasteiger partial charge on any atom is 0.391 e. The van der Waals surface area contributed by atoms with Crippen LogP contribution in [0.15, 0.2) is 12.1 Å². The van der Waals surface area contributed by atoms with Crippen LogP contribution in [0.2, 0.25) is 0 Å². The first-order chi connectivity index (χ1) is 13.8. The number of nitrogens with one attached hydrogen (secondary N) is 2. The topological polar surface area (TPSA) is 70.4 Å². The summed E-state index contributed by atoms with van der Waals surface area (Å²) in [6, 6.07) is 3.87. The third-order valence-electron chi connectivity index (χ3n) is 6.97. The standard InChI is InChI=1S/C21H29F3N4O/c1-26-17-10-19(28-11-12-3-2-4-18(12)28)15(9-16(17)25)20(29)27-14-7-5-13(6-8-14)21(22,23)24/h9-10,12-14,18,26H,2-8,11,25H2,1H3,(H,27,29). The van der Waals surface area contributed by atoms with Crippen molar-refractivity contribution in [3.63, 3.8) is 0 Å². The number of carbonyl (C=O) groups is 1. The van der Waals surface area contributed by atoms with E-state index in [1.807, 2.05) is 6.07 Å². The molecule has 2 saturated carbocycles. The van der Waals surface area contributed by atoms with E-state index in [-0.39, 0.29) is 24.8 Å². The number of hydrogen-bond acceptors (Lipinski definition) is 4. The summed E-state index contributed by atoms with van der Waals surface area (Å²) < 4.78 is 38.7. The van der Waals surface area contributed by atoms with Crippen LogP contribution in [-0.2, 0) is 0 Å². The Morgan fingerprint density at radius 3 is 2.48 bits per heavy atom. The Hall–Kier alpha value is -2.12. The van der Waals surface area contributed by atoms with Gasteiger partial charge < -0.3 is 21.3 Å². The van der Waals surface area contributed by atoms with E-state index in [9.17, 15) is 18.0 Å². The molecule has 3 aliphatic rings. The Morgan fingerprint density at radius 2 is 1.86 bits per heavy atom. The van der Waals surface area contributed by atoms with Crippen molar-refractivity contribution >= 4 is 23.0 Å². The van der Waals surface area contributed by atoms with Gasteiger partial charge in [-0.1, -0.05) is 6.42 Å². The lowest BCUT2D eigenvalue weighted by atomic mass is 9.85. The zero-order valence-corrected chi connectivity index (χ0v) is 16.7. The molecule has 0 radical (unpaired) electrons. The molecule has 1 heterocycles. The summed E-state index contributed by atoms with van der Waals surface area (Å²) in [5.41, 5.74) is 8.78. The summed E-state index contributed by atoms with van der Waals surface area (Å²) in [5.74, 6) is -0.803. The van der Waals surface area contributed by atoms with Gasteiger partial charge in [-0.25, -0.2) is 0 Å². The zero-order chi connectivity index (χ0) is 20.8. The highest BCUT2D eigenvalue weighted by molar-refractivity contribution is 6.02. The molecule has 2 unspecified atom stereocenters. The zero-order valence-electron chi connectivity index (χ0n) is 16.7. The molecule has 0 aromatic heterocycles. The number of rotatable bonds is 4. The molecule has 29 heavy (non-hydrogen) atoms. The van der Waals surface area contributed by atoms with Gasteiger partial charge in [0.15, 0.2) is 0 Å². The maximum absolute atomic E-state index is 13.1. The summed E-state index contributed by atoms with van der Waals surface area (Å²) in [5, 5.41) is 6.04. The van der Waals surface area contributed by atoms with Gasteiger partial charge in [0, 0.05) is 25.7 Å². The van der Waals surface area contributed by atoms with Gasteiger partial charge in [-0.05, 0) is 56.6 Å². The SMILES string of the molecule is CNc1cc(N2CC3CCCC32)c(C(=O)NC2CCC(C(F)(F)F)CC2)cc1N. The Bertz CT molecular complexity index is 774. The van der Waals surface area contributed by atoms with Crippen LogP contribution in [0.25, 0.3) is 0 Å². The van der Waals surface area contributed by atoms with E-state index in [1.165, 1.54) is 12.8 Å². The van der Waals surface area contributed by atoms with Gasteiger partial charge in [-0.15, -0.1) is 0 Å². The van der Waals surface area contributed by atoms with Crippen molar-refractivity contribution in [1.82, 2.24) is 5.32 Å². The molecule has 4 rings (SSSR count). The summed E-state index contributed by atoms with van der Waals surface area (Å²) in [6.07, 6.45) is 0.271. The highest BCUT2D eigenvalue weighted by Gasteiger charge is 2.44. The van der Waals surface area contributed by atoms with E-state index in [4.69, 9.17) is 5.73 Å². The Kier molecular flexibility index (Phi) is 5.29. The fraction of sp³-hybridized carbons (Fsp3) is 0.667. The normalized spacial score (nSPS) is 29.2. The number of fused-ring (bicyclic) bond motifs is 1. The minimum Gasteiger partial charge on any atom is -0.397 e. The highest BCUT2D eigenvalue weighted by atomic mass is 19.4. The van der Waals surface area contributed by atoms with Crippen LogP contribution in [-0.4, -0.2) is 37.8 Å². The van der Waals surface area contributed by atoms with Crippen LogP contribution in [0.5, 0.6) is 0 Å². The molecule has 1 aromatic carbocycles. The second kappa shape index (κ2) is 7.61. The van der Waals surface area contributed by atoms with Gasteiger partial charge in [0.2, 0.25) is 0 Å². The smallest absolute Gasteiger partial charge is 0.391 e. The predicted molar refractivity (Wildman–Crippen MR) is 108 cm³/mol. The summed E-state index contributed by atoms with van der Waals surface area (Å²) in [6.45, 7) is 0.939. The van der Waals surface area contributed by atoms with E-state index in [2.05, 4.69) is 15.5 Å². The largest absolute Gasteiger partial charge is 0.397 e. The molecule has 4 N–H and O–H groups in total. The average Bonchev–Trinajstić information content (AvgIpc) is 3.02. The van der Waals surface area contributed by atoms with Crippen LogP contribution in [0.3, 0.4) is 0 Å². The van der Waals surface area contributed by atoms with Crippen molar-refractivity contribution in [2.45, 2.75) is 63.2 Å². The Labute approximate surface area is 169 Å². The van der Waals surface area contributed by atoms with Crippen LogP contribution in [0.4, 0.5) is 30.2 Å². The van der Waals surface area contributed by atoms with Gasteiger partial charge in [0.1, 0.15) is 0 Å². The van der Waals surface area contributed by atoms with Crippen molar-refractivity contribution in [2.24, 2.45) is 11.8 Å². The van der Waals surface area contributed by atoms with E-state index in [0.717, 1.165) is 24.3 Å². The lowest BCUT2D eigenvalue weighted by Gasteiger charge is -2.47. The maximum atomic E-state index is 13.1. The number of hydrogen-bond donors (Lipinski definition) is 3. The molecule has 2 atom stereocenters. The van der Waals surface area contributed by atoms with Crippen LogP contribution >= 0.6 is 0 Å². The Balaban J connectivity index is 1.50. The monoisotopic (exact) mass is 410 g/mol.